The van der Waals surface area contributed by atoms with Gasteiger partial charge in [-0.3, -0.25) is 10.1 Å². The van der Waals surface area contributed by atoms with Crippen LogP contribution in [0.15, 0.2) is 46.5 Å². The van der Waals surface area contributed by atoms with Gasteiger partial charge in [-0.2, -0.15) is 5.10 Å². The number of nitrogens with zero attached hydrogens (tertiary/aromatic N) is 4. The molecule has 0 N–H and O–H groups in total. The standard InChI is InChI=1S/C20H18N4O5/c1-12-8-14-9-17-18(29-11-28-17)10-16(14)19(22-23(12)20-21-6-7-27-20)13-2-4-15(5-3-13)24(25)26/h2-5,9-10,12H,6-8,11H2,1H3. The fourth-order valence-corrected chi connectivity index (χ4v) is 3.69. The highest BCUT2D eigenvalue weighted by Gasteiger charge is 2.30. The molecule has 1 unspecified atom stereocenters. The SMILES string of the molecule is CC1Cc2cc3c(cc2C(c2ccc([N+](=O)[O-])cc2)=NN1C1=NCCO1)OCO3. The third kappa shape index (κ3) is 3.04. The number of hydrogen-bond acceptors (Lipinski definition) is 8. The minimum absolute atomic E-state index is 0.00141. The van der Waals surface area contributed by atoms with Gasteiger partial charge in [0.15, 0.2) is 11.5 Å². The molecule has 9 heteroatoms. The number of aliphatic imine (C=N–C) groups is 1. The molecule has 0 spiro atoms. The second kappa shape index (κ2) is 6.77. The van der Waals surface area contributed by atoms with Crippen LogP contribution in [-0.2, 0) is 11.2 Å². The first-order valence-electron chi connectivity index (χ1n) is 9.33. The molecule has 0 amide bonds. The number of amidine groups is 1. The van der Waals surface area contributed by atoms with Crippen molar-refractivity contribution in [1.29, 1.82) is 0 Å². The largest absolute Gasteiger partial charge is 0.462 e. The monoisotopic (exact) mass is 394 g/mol. The van der Waals surface area contributed by atoms with Gasteiger partial charge in [0.05, 0.1) is 23.2 Å². The lowest BCUT2D eigenvalue weighted by Crippen LogP contribution is -2.35. The van der Waals surface area contributed by atoms with Crippen LogP contribution in [0.4, 0.5) is 5.69 Å². The Morgan fingerprint density at radius 3 is 2.59 bits per heavy atom. The highest BCUT2D eigenvalue weighted by atomic mass is 16.7. The molecule has 3 heterocycles. The summed E-state index contributed by atoms with van der Waals surface area (Å²) in [6, 6.07) is 10.8. The third-order valence-electron chi connectivity index (χ3n) is 5.11. The van der Waals surface area contributed by atoms with Crippen molar-refractivity contribution in [2.75, 3.05) is 19.9 Å². The number of rotatable bonds is 2. The van der Waals surface area contributed by atoms with Crippen molar-refractivity contribution >= 4 is 17.4 Å². The minimum Gasteiger partial charge on any atom is -0.462 e. The lowest BCUT2D eigenvalue weighted by atomic mass is 9.94. The summed E-state index contributed by atoms with van der Waals surface area (Å²) in [7, 11) is 0. The van der Waals surface area contributed by atoms with Gasteiger partial charge in [0.2, 0.25) is 6.79 Å². The summed E-state index contributed by atoms with van der Waals surface area (Å²) in [5, 5.41) is 17.7. The van der Waals surface area contributed by atoms with E-state index in [0.29, 0.717) is 42.8 Å². The first-order valence-corrected chi connectivity index (χ1v) is 9.33. The number of ether oxygens (including phenoxy) is 3. The van der Waals surface area contributed by atoms with E-state index in [9.17, 15) is 10.1 Å². The predicted molar refractivity (Wildman–Crippen MR) is 105 cm³/mol. The molecule has 3 aliphatic rings. The van der Waals surface area contributed by atoms with Crippen LogP contribution in [0, 0.1) is 10.1 Å². The van der Waals surface area contributed by atoms with Crippen molar-refractivity contribution in [3.05, 3.63) is 63.2 Å². The molecule has 9 nitrogen and oxygen atoms in total. The van der Waals surface area contributed by atoms with Gasteiger partial charge < -0.3 is 14.2 Å². The van der Waals surface area contributed by atoms with Crippen molar-refractivity contribution < 1.29 is 19.1 Å². The zero-order chi connectivity index (χ0) is 20.0. The zero-order valence-electron chi connectivity index (χ0n) is 15.7. The van der Waals surface area contributed by atoms with Crippen LogP contribution in [0.1, 0.15) is 23.6 Å². The predicted octanol–water partition coefficient (Wildman–Crippen LogP) is 2.71. The number of nitro benzene ring substituents is 1. The van der Waals surface area contributed by atoms with E-state index in [0.717, 1.165) is 16.7 Å². The molecular weight excluding hydrogens is 376 g/mol. The topological polar surface area (TPSA) is 98.8 Å². The Kier molecular flexibility index (Phi) is 4.08. The quantitative estimate of drug-likeness (QED) is 0.574. The van der Waals surface area contributed by atoms with Gasteiger partial charge in [-0.15, -0.1) is 0 Å². The van der Waals surface area contributed by atoms with E-state index in [2.05, 4.69) is 11.9 Å². The Labute approximate surface area is 166 Å². The summed E-state index contributed by atoms with van der Waals surface area (Å²) in [6.07, 6.45) is 0.703. The van der Waals surface area contributed by atoms with Crippen molar-refractivity contribution in [2.45, 2.75) is 19.4 Å². The number of benzene rings is 2. The smallest absolute Gasteiger partial charge is 0.308 e. The van der Waals surface area contributed by atoms with Crippen LogP contribution in [0.5, 0.6) is 11.5 Å². The highest BCUT2D eigenvalue weighted by molar-refractivity contribution is 6.14. The second-order valence-electron chi connectivity index (χ2n) is 7.03. The zero-order valence-corrected chi connectivity index (χ0v) is 15.7. The molecule has 29 heavy (non-hydrogen) atoms. The van der Waals surface area contributed by atoms with Crippen molar-refractivity contribution in [3.8, 4) is 11.5 Å². The van der Waals surface area contributed by atoms with Crippen LogP contribution in [0.3, 0.4) is 0 Å². The molecule has 1 atom stereocenters. The molecule has 0 aromatic heterocycles. The van der Waals surface area contributed by atoms with Gasteiger partial charge in [-0.05, 0) is 43.2 Å². The number of nitro groups is 1. The van der Waals surface area contributed by atoms with Crippen molar-refractivity contribution in [3.63, 3.8) is 0 Å². The summed E-state index contributed by atoms with van der Waals surface area (Å²) >= 11 is 0. The van der Waals surface area contributed by atoms with Crippen LogP contribution >= 0.6 is 0 Å². The van der Waals surface area contributed by atoms with Crippen molar-refractivity contribution in [1.82, 2.24) is 5.01 Å². The van der Waals surface area contributed by atoms with Gasteiger partial charge in [-0.1, -0.05) is 0 Å². The Balaban J connectivity index is 1.66. The van der Waals surface area contributed by atoms with Crippen LogP contribution in [-0.4, -0.2) is 47.7 Å². The normalized spacial score (nSPS) is 19.8. The van der Waals surface area contributed by atoms with E-state index >= 15 is 0 Å². The fraction of sp³-hybridized carbons (Fsp3) is 0.300. The van der Waals surface area contributed by atoms with Gasteiger partial charge in [0, 0.05) is 23.3 Å². The molecule has 0 radical (unpaired) electrons. The third-order valence-corrected chi connectivity index (χ3v) is 5.11. The molecule has 0 fully saturated rings. The Morgan fingerprint density at radius 2 is 1.90 bits per heavy atom. The minimum atomic E-state index is -0.417. The molecule has 0 bridgehead atoms. The summed E-state index contributed by atoms with van der Waals surface area (Å²) < 4.78 is 16.8. The Hall–Kier alpha value is -3.62. The average Bonchev–Trinajstić information content (AvgIpc) is 3.38. The molecule has 0 aliphatic carbocycles. The van der Waals surface area contributed by atoms with E-state index in [1.165, 1.54) is 12.1 Å². The van der Waals surface area contributed by atoms with Gasteiger partial charge in [0.25, 0.3) is 5.69 Å². The lowest BCUT2D eigenvalue weighted by molar-refractivity contribution is -0.384. The van der Waals surface area contributed by atoms with E-state index in [-0.39, 0.29) is 18.5 Å². The van der Waals surface area contributed by atoms with Gasteiger partial charge in [-0.25, -0.2) is 10.0 Å². The maximum absolute atomic E-state index is 11.0. The summed E-state index contributed by atoms with van der Waals surface area (Å²) in [5.41, 5.74) is 3.42. The van der Waals surface area contributed by atoms with Crippen LogP contribution < -0.4 is 9.47 Å². The Morgan fingerprint density at radius 1 is 1.14 bits per heavy atom. The maximum Gasteiger partial charge on any atom is 0.308 e. The molecule has 148 valence electrons. The number of hydrazone groups is 1. The molecular formula is C20H18N4O5. The summed E-state index contributed by atoms with van der Waals surface area (Å²) in [4.78, 5) is 15.0. The summed E-state index contributed by atoms with van der Waals surface area (Å²) in [5.74, 6) is 1.37. The lowest BCUT2D eigenvalue weighted by Gasteiger charge is -2.23. The van der Waals surface area contributed by atoms with Crippen LogP contribution in [0.2, 0.25) is 0 Å². The van der Waals surface area contributed by atoms with E-state index in [1.807, 2.05) is 12.1 Å². The molecule has 2 aromatic rings. The molecule has 3 aliphatic heterocycles. The first-order chi connectivity index (χ1) is 14.1. The van der Waals surface area contributed by atoms with Gasteiger partial charge >= 0.3 is 6.02 Å². The molecule has 0 saturated carbocycles. The average molecular weight is 394 g/mol. The number of fused-ring (bicyclic) bond motifs is 2. The van der Waals surface area contributed by atoms with Crippen molar-refractivity contribution in [2.24, 2.45) is 10.1 Å². The highest BCUT2D eigenvalue weighted by Crippen LogP contribution is 2.37. The van der Waals surface area contributed by atoms with E-state index in [1.54, 1.807) is 17.1 Å². The van der Waals surface area contributed by atoms with Crippen LogP contribution in [0.25, 0.3) is 0 Å². The number of hydrogen-bond donors (Lipinski definition) is 0. The first kappa shape index (κ1) is 17.5. The maximum atomic E-state index is 11.0. The molecule has 2 aromatic carbocycles. The summed E-state index contributed by atoms with van der Waals surface area (Å²) in [6.45, 7) is 3.38. The molecule has 0 saturated heterocycles. The van der Waals surface area contributed by atoms with Gasteiger partial charge in [0.1, 0.15) is 6.61 Å². The van der Waals surface area contributed by atoms with E-state index in [4.69, 9.17) is 19.3 Å². The number of non-ortho nitro benzene ring substituents is 1. The van der Waals surface area contributed by atoms with E-state index < -0.39 is 4.92 Å². The fourth-order valence-electron chi connectivity index (χ4n) is 3.69. The Bertz CT molecular complexity index is 1050. The second-order valence-corrected chi connectivity index (χ2v) is 7.03. The molecule has 5 rings (SSSR count).